The number of carbonyl (C=O) groups is 2. The number of nitrogens with zero attached hydrogens (tertiary/aromatic N) is 5. The zero-order valence-corrected chi connectivity index (χ0v) is 25.6. The highest BCUT2D eigenvalue weighted by Crippen LogP contribution is 2.60. The highest BCUT2D eigenvalue weighted by atomic mass is 35.5. The number of aliphatic hydroxyl groups excluding tert-OH is 1. The lowest BCUT2D eigenvalue weighted by molar-refractivity contribution is -0.160. The number of benzene rings is 2. The molecule has 1 unspecified atom stereocenters. The molecule has 1 fully saturated rings. The predicted molar refractivity (Wildman–Crippen MR) is 158 cm³/mol. The van der Waals surface area contributed by atoms with Gasteiger partial charge in [0.1, 0.15) is 5.82 Å². The molecule has 46 heavy (non-hydrogen) atoms. The Hall–Kier alpha value is -4.07. The average Bonchev–Trinajstić information content (AvgIpc) is 3.62. The smallest absolute Gasteiger partial charge is 0.364 e. The molecule has 4 aromatic rings. The first-order valence-electron chi connectivity index (χ1n) is 14.6. The number of fused-ring (bicyclic) bond motifs is 1. The summed E-state index contributed by atoms with van der Waals surface area (Å²) in [4.78, 5) is 29.4. The number of aliphatic hydroxyl groups is 2. The second-order valence-corrected chi connectivity index (χ2v) is 12.4. The monoisotopic (exact) mass is 659 g/mol. The first-order valence-corrected chi connectivity index (χ1v) is 15.0. The SMILES string of the molecule is CN(Cc1cnn(C)c1)C(=O)C1CCc2c(-c3ccc(C(O)O)cc3F)nn(C(=O)c3c(Cl)cccc3C3(C(F)(F)F)CC3)c2C1. The van der Waals surface area contributed by atoms with E-state index in [1.165, 1.54) is 30.3 Å². The van der Waals surface area contributed by atoms with Gasteiger partial charge >= 0.3 is 6.18 Å². The lowest BCUT2D eigenvalue weighted by Crippen LogP contribution is -2.36. The molecule has 14 heteroatoms. The number of aryl methyl sites for hydroxylation is 1. The molecule has 0 radical (unpaired) electrons. The van der Waals surface area contributed by atoms with Gasteiger partial charge in [0, 0.05) is 61.4 Å². The normalized spacial score (nSPS) is 17.2. The molecule has 1 atom stereocenters. The van der Waals surface area contributed by atoms with Gasteiger partial charge in [-0.3, -0.25) is 14.3 Å². The number of aromatic nitrogens is 4. The Labute approximate surface area is 266 Å². The first-order chi connectivity index (χ1) is 21.7. The van der Waals surface area contributed by atoms with E-state index in [1.807, 2.05) is 0 Å². The van der Waals surface area contributed by atoms with E-state index in [2.05, 4.69) is 10.2 Å². The predicted octanol–water partition coefficient (Wildman–Crippen LogP) is 5.11. The van der Waals surface area contributed by atoms with Gasteiger partial charge in [-0.05, 0) is 49.4 Å². The molecule has 1 saturated carbocycles. The van der Waals surface area contributed by atoms with Crippen molar-refractivity contribution in [3.8, 4) is 11.3 Å². The van der Waals surface area contributed by atoms with Gasteiger partial charge < -0.3 is 15.1 Å². The van der Waals surface area contributed by atoms with E-state index in [1.54, 1.807) is 36.1 Å². The van der Waals surface area contributed by atoms with Crippen molar-refractivity contribution in [2.24, 2.45) is 13.0 Å². The first kappa shape index (κ1) is 31.9. The molecule has 9 nitrogen and oxygen atoms in total. The van der Waals surface area contributed by atoms with Crippen molar-refractivity contribution in [1.82, 2.24) is 24.5 Å². The fourth-order valence-electron chi connectivity index (χ4n) is 6.38. The summed E-state index contributed by atoms with van der Waals surface area (Å²) in [5, 5.41) is 27.4. The van der Waals surface area contributed by atoms with Crippen LogP contribution in [0, 0.1) is 11.7 Å². The van der Waals surface area contributed by atoms with Crippen LogP contribution >= 0.6 is 11.6 Å². The van der Waals surface area contributed by atoms with E-state index in [0.717, 1.165) is 16.3 Å². The third-order valence-electron chi connectivity index (χ3n) is 8.95. The molecule has 2 heterocycles. The zero-order chi connectivity index (χ0) is 33.1. The summed E-state index contributed by atoms with van der Waals surface area (Å²) in [5.41, 5.74) is -1.35. The van der Waals surface area contributed by atoms with Crippen LogP contribution in [0.25, 0.3) is 11.3 Å². The lowest BCUT2D eigenvalue weighted by Gasteiger charge is -2.27. The molecule has 6 rings (SSSR count). The summed E-state index contributed by atoms with van der Waals surface area (Å²) in [6, 6.07) is 7.47. The Morgan fingerprint density at radius 3 is 2.54 bits per heavy atom. The summed E-state index contributed by atoms with van der Waals surface area (Å²) in [5.74, 6) is -2.57. The molecule has 242 valence electrons. The third-order valence-corrected chi connectivity index (χ3v) is 9.27. The molecule has 0 bridgehead atoms. The Morgan fingerprint density at radius 2 is 1.93 bits per heavy atom. The van der Waals surface area contributed by atoms with Gasteiger partial charge in [0.15, 0.2) is 6.29 Å². The molecule has 2 aliphatic carbocycles. The maximum absolute atomic E-state index is 15.4. The van der Waals surface area contributed by atoms with Crippen LogP contribution in [0.3, 0.4) is 0 Å². The van der Waals surface area contributed by atoms with E-state index in [9.17, 15) is 33.0 Å². The maximum atomic E-state index is 15.4. The van der Waals surface area contributed by atoms with Gasteiger partial charge in [0.25, 0.3) is 5.91 Å². The van der Waals surface area contributed by atoms with E-state index >= 15 is 4.39 Å². The topological polar surface area (TPSA) is 113 Å². The summed E-state index contributed by atoms with van der Waals surface area (Å²) < 4.78 is 60.7. The molecule has 0 saturated heterocycles. The van der Waals surface area contributed by atoms with E-state index in [-0.39, 0.29) is 76.8 Å². The van der Waals surface area contributed by atoms with Gasteiger partial charge in [-0.25, -0.2) is 4.39 Å². The largest absolute Gasteiger partial charge is 0.398 e. The second-order valence-electron chi connectivity index (χ2n) is 12.0. The Kier molecular flexibility index (Phi) is 8.06. The van der Waals surface area contributed by atoms with Crippen LogP contribution in [0.5, 0.6) is 0 Å². The lowest BCUT2D eigenvalue weighted by atomic mass is 9.84. The molecule has 2 aromatic heterocycles. The fraction of sp³-hybridized carbons (Fsp3) is 0.375. The Morgan fingerprint density at radius 1 is 1.20 bits per heavy atom. The van der Waals surface area contributed by atoms with Gasteiger partial charge in [0.05, 0.1) is 33.6 Å². The summed E-state index contributed by atoms with van der Waals surface area (Å²) in [7, 11) is 3.41. The highest BCUT2D eigenvalue weighted by molar-refractivity contribution is 6.34. The molecule has 2 aromatic carbocycles. The quantitative estimate of drug-likeness (QED) is 0.211. The van der Waals surface area contributed by atoms with Crippen molar-refractivity contribution in [1.29, 1.82) is 0 Å². The number of alkyl halides is 3. The van der Waals surface area contributed by atoms with Gasteiger partial charge in [-0.1, -0.05) is 29.8 Å². The molecule has 2 N–H and O–H groups in total. The van der Waals surface area contributed by atoms with Crippen LogP contribution in [0.15, 0.2) is 48.8 Å². The number of carbonyl (C=O) groups excluding carboxylic acids is 2. The molecule has 0 aliphatic heterocycles. The van der Waals surface area contributed by atoms with E-state index in [4.69, 9.17) is 11.6 Å². The molecule has 1 amide bonds. The van der Waals surface area contributed by atoms with Crippen molar-refractivity contribution in [3.63, 3.8) is 0 Å². The van der Waals surface area contributed by atoms with Crippen molar-refractivity contribution >= 4 is 23.4 Å². The molecule has 0 spiro atoms. The standard InChI is InChI=1S/C32H30ClF4N5O4/c1-40(15-17-14-38-41(2)16-17)28(43)18-6-9-21-25(13-18)42(39-27(21)20-8-7-19(30(45)46)12-24(20)34)29(44)26-22(4-3-5-23(26)33)31(10-11-31)32(35,36)37/h3-5,7-8,12,14,16,18,30,45-46H,6,9-11,13,15H2,1-2H3. The van der Waals surface area contributed by atoms with Crippen LogP contribution in [0.1, 0.15) is 63.9 Å². The van der Waals surface area contributed by atoms with Crippen LogP contribution < -0.4 is 0 Å². The zero-order valence-electron chi connectivity index (χ0n) is 24.9. The number of rotatable bonds is 7. The van der Waals surface area contributed by atoms with Crippen LogP contribution in [0.2, 0.25) is 5.02 Å². The number of hydrogen-bond donors (Lipinski definition) is 2. The van der Waals surface area contributed by atoms with Gasteiger partial charge in [0.2, 0.25) is 5.91 Å². The Bertz CT molecular complexity index is 1850. The van der Waals surface area contributed by atoms with Crippen LogP contribution in [0.4, 0.5) is 17.6 Å². The van der Waals surface area contributed by atoms with E-state index in [0.29, 0.717) is 12.0 Å². The highest BCUT2D eigenvalue weighted by Gasteiger charge is 2.65. The van der Waals surface area contributed by atoms with Gasteiger partial charge in [-0.2, -0.15) is 28.1 Å². The number of hydrogen-bond acceptors (Lipinski definition) is 6. The summed E-state index contributed by atoms with van der Waals surface area (Å²) in [6.45, 7) is 0.288. The average molecular weight is 660 g/mol. The van der Waals surface area contributed by atoms with Crippen molar-refractivity contribution in [2.45, 2.75) is 56.5 Å². The summed E-state index contributed by atoms with van der Waals surface area (Å²) in [6.07, 6.45) is -2.93. The second kappa shape index (κ2) is 11.6. The minimum Gasteiger partial charge on any atom is -0.364 e. The minimum absolute atomic E-state index is 0.0174. The molecule has 2 aliphatic rings. The van der Waals surface area contributed by atoms with Crippen molar-refractivity contribution < 1.29 is 37.4 Å². The molecular formula is C32H30ClF4N5O4. The van der Waals surface area contributed by atoms with Crippen LogP contribution in [-0.2, 0) is 36.6 Å². The van der Waals surface area contributed by atoms with E-state index < -0.39 is 35.5 Å². The number of amides is 1. The Balaban J connectivity index is 1.44. The summed E-state index contributed by atoms with van der Waals surface area (Å²) >= 11 is 6.43. The van der Waals surface area contributed by atoms with Gasteiger partial charge in [-0.15, -0.1) is 0 Å². The number of halogens is 5. The van der Waals surface area contributed by atoms with Crippen molar-refractivity contribution in [2.75, 3.05) is 7.05 Å². The fourth-order valence-corrected chi connectivity index (χ4v) is 6.64. The molecular weight excluding hydrogens is 630 g/mol. The third kappa shape index (κ3) is 5.50. The van der Waals surface area contributed by atoms with Crippen molar-refractivity contribution in [3.05, 3.63) is 93.1 Å². The maximum Gasteiger partial charge on any atom is 0.398 e. The minimum atomic E-state index is -4.63. The van der Waals surface area contributed by atoms with Crippen LogP contribution in [-0.4, -0.2) is 59.7 Å².